The van der Waals surface area contributed by atoms with Crippen LogP contribution in [-0.4, -0.2) is 232 Å². The smallest absolute Gasteiger partial charge is 0.310 e. The van der Waals surface area contributed by atoms with Crippen LogP contribution in [0.5, 0.6) is 11.5 Å². The molecule has 95 heavy (non-hydrogen) atoms. The number of carboxylic acids is 4. The lowest BCUT2D eigenvalue weighted by Gasteiger charge is -2.33. The van der Waals surface area contributed by atoms with Crippen LogP contribution < -0.4 is 30.7 Å². The maximum Gasteiger partial charge on any atom is 0.310 e. The number of carboxylic acid groups (broad SMARTS) is 4. The van der Waals surface area contributed by atoms with Gasteiger partial charge in [0.05, 0.1) is 92.6 Å². The van der Waals surface area contributed by atoms with Crippen molar-refractivity contribution in [1.82, 2.24) is 36.0 Å². The van der Waals surface area contributed by atoms with Crippen molar-refractivity contribution in [3.05, 3.63) is 96.1 Å². The van der Waals surface area contributed by atoms with E-state index in [9.17, 15) is 53.7 Å². The summed E-state index contributed by atoms with van der Waals surface area (Å²) in [6.07, 6.45) is 18.1. The Morgan fingerprint density at radius 3 is 1.20 bits per heavy atom. The molecule has 25 nitrogen and oxygen atoms in total. The number of nitrogens with one attached hydrogen (secondary N) is 4. The van der Waals surface area contributed by atoms with Gasteiger partial charge in [-0.25, -0.2) is 0 Å². The number of hydrogen-bond acceptors (Lipinski definition) is 17. The number of benzene rings is 2. The quantitative estimate of drug-likeness (QED) is 0.0690. The predicted molar refractivity (Wildman–Crippen MR) is 349 cm³/mol. The molecule has 2 aromatic rings. The second-order valence-corrected chi connectivity index (χ2v) is 26.7. The van der Waals surface area contributed by atoms with Crippen LogP contribution in [0, 0.1) is 53.3 Å². The number of piperidine rings is 1. The summed E-state index contributed by atoms with van der Waals surface area (Å²) in [5, 5.41) is 49.1. The lowest BCUT2D eigenvalue weighted by atomic mass is 9.79. The largest absolute Gasteiger partial charge is 0.497 e. The molecular weight excluding hydrogens is 1230 g/mol. The van der Waals surface area contributed by atoms with Crippen LogP contribution in [-0.2, 0) is 70.1 Å². The van der Waals surface area contributed by atoms with Gasteiger partial charge in [0.2, 0.25) is 23.6 Å². The SMILES string of the molecule is C.CN(C)CCNC(=O)C1C(C(=O)O)[C@H]2C=C[C@@H]1O2.CN(C)CCNC(=O)C1C(C(=O)O)[C@H]2CC[C@@H]1O2.COc1ccc(CCC2CCC(NC(=O)C3C(C(=O)O)[C@H]4C=C[C@@H]3O4)CC2)cc1.COc1ccc(CCN2CCC(NC(=O)C3C(C(=O)O)[C@H]4C=C[C@@H]3O4)CC2)cc1. The molecule has 1 saturated carbocycles. The standard InChI is InChI=1S/C23H29NO5.C22H28N2O5.C12H20N2O4.C12H18N2O4.CH4/c1-28-17-10-6-15(7-11-17)3-2-14-4-8-16(9-5-14)24-22(25)20-18-12-13-19(29-18)21(20)23(26)27;1-28-16-4-2-14(3-5-16)8-11-24-12-9-15(10-13-24)23-21(25)19-17-6-7-18(29-17)20(19)22(26)27;2*1-14(2)6-5-13-11(15)9-7-3-4-8(18-7)10(9)12(16)17;/h6-7,10-14,16,18-21H,2-5,8-9H2,1H3,(H,24,25)(H,26,27);2-7,15,17-20H,8-13H2,1H3,(H,23,25)(H,26,27);7-10H,3-6H2,1-2H3,(H,13,15)(H,16,17);3-4,7-10H,5-6H2,1-2H3,(H,13,15)(H,16,17);1H4/t14?,16?,18-,19+,20?,21?;17-,18+,19?,20?;2*7-,8+,9?,10?;/m0000./s1. The summed E-state index contributed by atoms with van der Waals surface area (Å²) in [7, 11) is 11.0. The third kappa shape index (κ3) is 18.7. The van der Waals surface area contributed by atoms with Crippen molar-refractivity contribution in [2.45, 2.75) is 139 Å². The Hall–Kier alpha value is -7.26. The minimum absolute atomic E-state index is 0. The summed E-state index contributed by atoms with van der Waals surface area (Å²) >= 11 is 0. The number of amides is 4. The van der Waals surface area contributed by atoms with E-state index in [2.05, 4.69) is 50.4 Å². The van der Waals surface area contributed by atoms with Gasteiger partial charge in [-0.15, -0.1) is 0 Å². The van der Waals surface area contributed by atoms with E-state index >= 15 is 0 Å². The van der Waals surface area contributed by atoms with Crippen LogP contribution in [0.4, 0.5) is 0 Å². The van der Waals surface area contributed by atoms with E-state index in [1.165, 1.54) is 11.1 Å². The fourth-order valence-electron chi connectivity index (χ4n) is 14.8. The Kier molecular flexibility index (Phi) is 26.4. The molecule has 8 bridgehead atoms. The molecule has 2 aromatic carbocycles. The number of likely N-dealkylation sites (N-methyl/N-ethyl adjacent to an activating group) is 2. The van der Waals surface area contributed by atoms with Gasteiger partial charge in [0.25, 0.3) is 0 Å². The molecule has 6 saturated heterocycles. The number of methoxy groups -OCH3 is 2. The zero-order valence-corrected chi connectivity index (χ0v) is 54.6. The molecule has 8 N–H and O–H groups in total. The molecule has 10 aliphatic rings. The van der Waals surface area contributed by atoms with Gasteiger partial charge in [0.15, 0.2) is 0 Å². The maximum atomic E-state index is 12.8. The van der Waals surface area contributed by atoms with E-state index in [4.69, 9.17) is 33.5 Å². The zero-order valence-electron chi connectivity index (χ0n) is 54.6. The number of rotatable bonds is 24. The Labute approximate surface area is 556 Å². The van der Waals surface area contributed by atoms with E-state index in [0.717, 1.165) is 115 Å². The van der Waals surface area contributed by atoms with E-state index in [1.807, 2.05) is 74.4 Å². The minimum Gasteiger partial charge on any atom is -0.497 e. The molecule has 7 fully saturated rings. The molecule has 25 heteroatoms. The average molecular weight is 1330 g/mol. The molecule has 0 spiro atoms. The van der Waals surface area contributed by atoms with E-state index < -0.39 is 108 Å². The van der Waals surface area contributed by atoms with Gasteiger partial charge in [0.1, 0.15) is 29.3 Å². The summed E-state index contributed by atoms with van der Waals surface area (Å²) < 4.78 is 32.6. The van der Waals surface area contributed by atoms with Crippen molar-refractivity contribution in [2.75, 3.05) is 88.2 Å². The summed E-state index contributed by atoms with van der Waals surface area (Å²) in [6, 6.07) is 16.6. The first kappa shape index (κ1) is 73.5. The predicted octanol–water partition coefficient (Wildman–Crippen LogP) is 3.93. The van der Waals surface area contributed by atoms with Crippen molar-refractivity contribution in [2.24, 2.45) is 53.3 Å². The summed E-state index contributed by atoms with van der Waals surface area (Å²) in [4.78, 5) is 101. The number of carbonyl (C=O) groups excluding carboxylic acids is 4. The first-order valence-electron chi connectivity index (χ1n) is 33.1. The monoisotopic (exact) mass is 1330 g/mol. The molecule has 522 valence electrons. The molecule has 4 amide bonds. The number of aryl methyl sites for hydroxylation is 1. The summed E-state index contributed by atoms with van der Waals surface area (Å²) in [5.41, 5.74) is 2.61. The molecule has 9 heterocycles. The highest BCUT2D eigenvalue weighted by atomic mass is 16.5. The van der Waals surface area contributed by atoms with Gasteiger partial charge in [-0.2, -0.15) is 0 Å². The maximum absolute atomic E-state index is 12.8. The Morgan fingerprint density at radius 1 is 0.453 bits per heavy atom. The number of hydrogen-bond donors (Lipinski definition) is 8. The first-order chi connectivity index (χ1) is 45.1. The fourth-order valence-corrected chi connectivity index (χ4v) is 14.8. The third-order valence-electron chi connectivity index (χ3n) is 20.0. The highest BCUT2D eigenvalue weighted by Crippen LogP contribution is 2.45. The van der Waals surface area contributed by atoms with E-state index in [1.54, 1.807) is 38.5 Å². The molecule has 9 aliphatic heterocycles. The second-order valence-electron chi connectivity index (χ2n) is 26.7. The van der Waals surface area contributed by atoms with Gasteiger partial charge >= 0.3 is 23.9 Å². The van der Waals surface area contributed by atoms with Crippen LogP contribution in [0.3, 0.4) is 0 Å². The van der Waals surface area contributed by atoms with Crippen molar-refractivity contribution in [3.8, 4) is 11.5 Å². The van der Waals surface area contributed by atoms with E-state index in [-0.39, 0.29) is 55.3 Å². The topological polar surface area (TPSA) is 331 Å². The molecule has 0 aromatic heterocycles. The van der Waals surface area contributed by atoms with Gasteiger partial charge < -0.3 is 84.8 Å². The summed E-state index contributed by atoms with van der Waals surface area (Å²) in [5.74, 6) is -7.55. The normalized spacial score (nSPS) is 31.6. The van der Waals surface area contributed by atoms with Gasteiger partial charge in [0, 0.05) is 57.9 Å². The molecule has 1 aliphatic carbocycles. The average Bonchev–Trinajstić information content (AvgIpc) is 1.65. The van der Waals surface area contributed by atoms with Gasteiger partial charge in [-0.1, -0.05) is 68.1 Å². The third-order valence-corrected chi connectivity index (χ3v) is 20.0. The van der Waals surface area contributed by atoms with E-state index in [0.29, 0.717) is 19.0 Å². The lowest BCUT2D eigenvalue weighted by molar-refractivity contribution is -0.148. The fraction of sp³-hybridized carbons (Fsp3) is 0.629. The number of aliphatic carboxylic acids is 4. The Bertz CT molecular complexity index is 2900. The van der Waals surface area contributed by atoms with Crippen LogP contribution in [0.15, 0.2) is 85.0 Å². The Balaban J connectivity index is 0.000000166. The van der Waals surface area contributed by atoms with Crippen molar-refractivity contribution in [1.29, 1.82) is 0 Å². The molecular formula is C70H99N7O18. The number of likely N-dealkylation sites (tertiary alicyclic amines) is 1. The minimum atomic E-state index is -0.973. The number of ether oxygens (including phenoxy) is 6. The Morgan fingerprint density at radius 2 is 0.811 bits per heavy atom. The van der Waals surface area contributed by atoms with Crippen molar-refractivity contribution >= 4 is 47.5 Å². The molecule has 16 atom stereocenters. The van der Waals surface area contributed by atoms with Gasteiger partial charge in [-0.05, 0) is 140 Å². The van der Waals surface area contributed by atoms with Crippen LogP contribution in [0.25, 0.3) is 0 Å². The highest BCUT2D eigenvalue weighted by molar-refractivity contribution is 5.89. The van der Waals surface area contributed by atoms with Gasteiger partial charge in [-0.3, -0.25) is 38.4 Å². The molecule has 12 rings (SSSR count). The van der Waals surface area contributed by atoms with Crippen LogP contribution in [0.1, 0.15) is 76.3 Å². The molecule has 0 radical (unpaired) electrons. The lowest BCUT2D eigenvalue weighted by Crippen LogP contribution is -2.49. The molecule has 8 unspecified atom stereocenters. The van der Waals surface area contributed by atoms with Crippen molar-refractivity contribution < 1.29 is 87.2 Å². The second kappa shape index (κ2) is 34.1. The number of fused-ring (bicyclic) bond motifs is 8. The van der Waals surface area contributed by atoms with Crippen LogP contribution in [0.2, 0.25) is 0 Å². The summed E-state index contributed by atoms with van der Waals surface area (Å²) in [6.45, 7) is 5.35. The number of carbonyl (C=O) groups is 8. The zero-order chi connectivity index (χ0) is 67.3. The number of nitrogens with zero attached hydrogens (tertiary/aromatic N) is 3. The van der Waals surface area contributed by atoms with Crippen molar-refractivity contribution in [3.63, 3.8) is 0 Å². The first-order valence-corrected chi connectivity index (χ1v) is 33.1. The highest BCUT2D eigenvalue weighted by Gasteiger charge is 2.57. The van der Waals surface area contributed by atoms with Crippen LogP contribution >= 0.6 is 0 Å².